The maximum Gasteiger partial charge on any atom is 0.319 e. The Morgan fingerprint density at radius 3 is 2.93 bits per heavy atom. The first kappa shape index (κ1) is 17.2. The predicted octanol–water partition coefficient (Wildman–Crippen LogP) is 3.06. The summed E-state index contributed by atoms with van der Waals surface area (Å²) >= 11 is 0. The maximum atomic E-state index is 12.4. The quantitative estimate of drug-likeness (QED) is 0.745. The van der Waals surface area contributed by atoms with Gasteiger partial charge in [0.1, 0.15) is 0 Å². The van der Waals surface area contributed by atoms with E-state index in [1.165, 1.54) is 0 Å². The first-order chi connectivity index (χ1) is 13.3. The Balaban J connectivity index is 1.34. The van der Waals surface area contributed by atoms with Crippen molar-refractivity contribution in [2.45, 2.75) is 12.8 Å². The SMILES string of the molecule is O=C(NC[C@@H]1CCCN(c2ncccn2)C1)Nc1cccc2cnccc12. The van der Waals surface area contributed by atoms with E-state index in [9.17, 15) is 4.79 Å². The van der Waals surface area contributed by atoms with Crippen molar-refractivity contribution in [3.05, 3.63) is 55.1 Å². The number of hydrogen-bond acceptors (Lipinski definition) is 5. The van der Waals surface area contributed by atoms with Gasteiger partial charge in [-0.1, -0.05) is 12.1 Å². The van der Waals surface area contributed by atoms with E-state index in [0.717, 1.165) is 48.3 Å². The largest absolute Gasteiger partial charge is 0.340 e. The molecule has 7 nitrogen and oxygen atoms in total. The summed E-state index contributed by atoms with van der Waals surface area (Å²) in [6.07, 6.45) is 9.20. The van der Waals surface area contributed by atoms with Gasteiger partial charge >= 0.3 is 6.03 Å². The van der Waals surface area contributed by atoms with Gasteiger partial charge in [0.2, 0.25) is 5.95 Å². The highest BCUT2D eigenvalue weighted by Crippen LogP contribution is 2.22. The second-order valence-electron chi connectivity index (χ2n) is 6.74. The van der Waals surface area contributed by atoms with Crippen molar-refractivity contribution in [1.82, 2.24) is 20.3 Å². The third-order valence-corrected chi connectivity index (χ3v) is 4.83. The third kappa shape index (κ3) is 4.13. The average molecular weight is 362 g/mol. The van der Waals surface area contributed by atoms with E-state index in [2.05, 4.69) is 30.5 Å². The van der Waals surface area contributed by atoms with Crippen molar-refractivity contribution in [3.63, 3.8) is 0 Å². The molecule has 0 radical (unpaired) electrons. The molecule has 3 heterocycles. The van der Waals surface area contributed by atoms with Gasteiger partial charge < -0.3 is 15.5 Å². The first-order valence-corrected chi connectivity index (χ1v) is 9.19. The van der Waals surface area contributed by atoms with Gasteiger partial charge in [-0.15, -0.1) is 0 Å². The van der Waals surface area contributed by atoms with Crippen molar-refractivity contribution in [3.8, 4) is 0 Å². The molecule has 1 atom stereocenters. The van der Waals surface area contributed by atoms with Crippen LogP contribution >= 0.6 is 0 Å². The summed E-state index contributed by atoms with van der Waals surface area (Å²) in [4.78, 5) is 27.3. The number of rotatable bonds is 4. The zero-order valence-corrected chi connectivity index (χ0v) is 15.0. The molecular weight excluding hydrogens is 340 g/mol. The van der Waals surface area contributed by atoms with Crippen LogP contribution in [0.2, 0.25) is 0 Å². The molecule has 27 heavy (non-hydrogen) atoms. The van der Waals surface area contributed by atoms with Gasteiger partial charge in [0.05, 0.1) is 5.69 Å². The molecule has 0 saturated carbocycles. The molecule has 138 valence electrons. The lowest BCUT2D eigenvalue weighted by molar-refractivity contribution is 0.249. The van der Waals surface area contributed by atoms with Crippen LogP contribution < -0.4 is 15.5 Å². The van der Waals surface area contributed by atoms with E-state index >= 15 is 0 Å². The Morgan fingerprint density at radius 2 is 2.04 bits per heavy atom. The topological polar surface area (TPSA) is 83.0 Å². The smallest absolute Gasteiger partial charge is 0.319 e. The van der Waals surface area contributed by atoms with Crippen molar-refractivity contribution >= 4 is 28.4 Å². The lowest BCUT2D eigenvalue weighted by Crippen LogP contribution is -2.42. The molecule has 2 amide bonds. The van der Waals surface area contributed by atoms with E-state index in [1.807, 2.05) is 30.3 Å². The minimum atomic E-state index is -0.188. The Hall–Kier alpha value is -3.22. The number of hydrogen-bond donors (Lipinski definition) is 2. The zero-order chi connectivity index (χ0) is 18.5. The normalized spacial score (nSPS) is 16.9. The molecule has 4 rings (SSSR count). The van der Waals surface area contributed by atoms with Gasteiger partial charge in [-0.3, -0.25) is 4.98 Å². The summed E-state index contributed by atoms with van der Waals surface area (Å²) in [6.45, 7) is 2.43. The summed E-state index contributed by atoms with van der Waals surface area (Å²) in [6, 6.07) is 9.33. The molecule has 3 aromatic rings. The molecule has 0 spiro atoms. The molecule has 2 N–H and O–H groups in total. The highest BCUT2D eigenvalue weighted by atomic mass is 16.2. The molecule has 0 bridgehead atoms. The van der Waals surface area contributed by atoms with E-state index < -0.39 is 0 Å². The molecule has 0 aliphatic carbocycles. The molecule has 0 unspecified atom stereocenters. The molecule has 1 aliphatic heterocycles. The number of pyridine rings is 1. The Labute approximate surface area is 157 Å². The van der Waals surface area contributed by atoms with Gasteiger partial charge in [0.15, 0.2) is 0 Å². The van der Waals surface area contributed by atoms with Gasteiger partial charge in [0, 0.05) is 55.2 Å². The fraction of sp³-hybridized carbons (Fsp3) is 0.300. The number of benzene rings is 1. The molecule has 1 aromatic carbocycles. The minimum Gasteiger partial charge on any atom is -0.340 e. The molecule has 1 saturated heterocycles. The standard InChI is InChI=1S/C20H22N6O/c27-20(25-18-6-1-5-16-13-21-10-7-17(16)18)24-12-15-4-2-11-26(14-15)19-22-8-3-9-23-19/h1,3,5-10,13,15H,2,4,11-12,14H2,(H2,24,25,27)/t15-/m0/s1. The number of piperidine rings is 1. The highest BCUT2D eigenvalue weighted by molar-refractivity contribution is 6.01. The van der Waals surface area contributed by atoms with Crippen molar-refractivity contribution in [2.24, 2.45) is 5.92 Å². The van der Waals surface area contributed by atoms with Crippen LogP contribution in [0.3, 0.4) is 0 Å². The molecule has 1 fully saturated rings. The lowest BCUT2D eigenvalue weighted by atomic mass is 9.98. The monoisotopic (exact) mass is 362 g/mol. The van der Waals surface area contributed by atoms with Crippen LogP contribution in [-0.2, 0) is 0 Å². The second kappa shape index (κ2) is 7.99. The maximum absolute atomic E-state index is 12.4. The van der Waals surface area contributed by atoms with Gasteiger partial charge in [-0.2, -0.15) is 0 Å². The molecule has 1 aliphatic rings. The summed E-state index contributed by atoms with van der Waals surface area (Å²) in [5, 5.41) is 7.94. The third-order valence-electron chi connectivity index (χ3n) is 4.83. The van der Waals surface area contributed by atoms with Crippen molar-refractivity contribution in [2.75, 3.05) is 29.9 Å². The first-order valence-electron chi connectivity index (χ1n) is 9.19. The molecule has 2 aromatic heterocycles. The Bertz CT molecular complexity index is 911. The Kier molecular flexibility index (Phi) is 5.09. The van der Waals surface area contributed by atoms with Crippen molar-refractivity contribution in [1.29, 1.82) is 0 Å². The number of aromatic nitrogens is 3. The summed E-state index contributed by atoms with van der Waals surface area (Å²) in [5.74, 6) is 1.14. The van der Waals surface area contributed by atoms with Crippen LogP contribution in [0.5, 0.6) is 0 Å². The van der Waals surface area contributed by atoms with Crippen LogP contribution in [0.4, 0.5) is 16.4 Å². The molecular formula is C20H22N6O. The molecule has 7 heteroatoms. The summed E-state index contributed by atoms with van der Waals surface area (Å²) < 4.78 is 0. The second-order valence-corrected chi connectivity index (χ2v) is 6.74. The van der Waals surface area contributed by atoms with Crippen LogP contribution in [0, 0.1) is 5.92 Å². The Morgan fingerprint density at radius 1 is 1.15 bits per heavy atom. The number of fused-ring (bicyclic) bond motifs is 1. The number of nitrogens with zero attached hydrogens (tertiary/aromatic N) is 4. The lowest BCUT2D eigenvalue weighted by Gasteiger charge is -2.32. The minimum absolute atomic E-state index is 0.188. The number of carbonyl (C=O) groups excluding carboxylic acids is 1. The van der Waals surface area contributed by atoms with Crippen LogP contribution in [0.25, 0.3) is 10.8 Å². The van der Waals surface area contributed by atoms with Crippen LogP contribution in [0.15, 0.2) is 55.1 Å². The zero-order valence-electron chi connectivity index (χ0n) is 15.0. The fourth-order valence-corrected chi connectivity index (χ4v) is 3.50. The number of carbonyl (C=O) groups is 1. The van der Waals surface area contributed by atoms with Crippen molar-refractivity contribution < 1.29 is 4.79 Å². The summed E-state index contributed by atoms with van der Waals surface area (Å²) in [5.41, 5.74) is 0.787. The fourth-order valence-electron chi connectivity index (χ4n) is 3.50. The van der Waals surface area contributed by atoms with Crippen LogP contribution in [0.1, 0.15) is 12.8 Å². The number of nitrogens with one attached hydrogen (secondary N) is 2. The number of amides is 2. The van der Waals surface area contributed by atoms with E-state index in [1.54, 1.807) is 24.8 Å². The highest BCUT2D eigenvalue weighted by Gasteiger charge is 2.22. The summed E-state index contributed by atoms with van der Waals surface area (Å²) in [7, 11) is 0. The predicted molar refractivity (Wildman–Crippen MR) is 106 cm³/mol. The van der Waals surface area contributed by atoms with Gasteiger partial charge in [0.25, 0.3) is 0 Å². The van der Waals surface area contributed by atoms with E-state index in [4.69, 9.17) is 0 Å². The van der Waals surface area contributed by atoms with E-state index in [0.29, 0.717) is 12.5 Å². The van der Waals surface area contributed by atoms with E-state index in [-0.39, 0.29) is 6.03 Å². The van der Waals surface area contributed by atoms with Gasteiger partial charge in [-0.25, -0.2) is 14.8 Å². The number of urea groups is 1. The van der Waals surface area contributed by atoms with Crippen LogP contribution in [-0.4, -0.2) is 40.6 Å². The number of anilines is 2. The van der Waals surface area contributed by atoms with Gasteiger partial charge in [-0.05, 0) is 37.0 Å². The average Bonchev–Trinajstić information content (AvgIpc) is 2.73.